The highest BCUT2D eigenvalue weighted by molar-refractivity contribution is 5.90. The standard InChI is InChI=1S/C16H20O/c1-14(2)12-13-16(17)11-7-6-10-15-8-4-3-5-9-15/h3-5,7-9,11-12H,6,10,13H2,1-2H3. The number of aryl methyl sites for hydroxylation is 1. The van der Waals surface area contributed by atoms with Crippen LogP contribution in [0.15, 0.2) is 54.1 Å². The average Bonchev–Trinajstić information content (AvgIpc) is 2.33. The lowest BCUT2D eigenvalue weighted by Gasteiger charge is -1.96. The Labute approximate surface area is 104 Å². The van der Waals surface area contributed by atoms with Crippen LogP contribution in [0, 0.1) is 0 Å². The lowest BCUT2D eigenvalue weighted by molar-refractivity contribution is -0.113. The Kier molecular flexibility index (Phi) is 6.02. The third kappa shape index (κ3) is 6.52. The summed E-state index contributed by atoms with van der Waals surface area (Å²) < 4.78 is 0. The number of rotatable bonds is 6. The Bertz CT molecular complexity index is 395. The molecule has 0 radical (unpaired) electrons. The van der Waals surface area contributed by atoms with E-state index in [0.717, 1.165) is 12.8 Å². The minimum Gasteiger partial charge on any atom is -0.295 e. The second-order valence-electron chi connectivity index (χ2n) is 4.38. The third-order valence-electron chi connectivity index (χ3n) is 2.46. The Balaban J connectivity index is 2.27. The van der Waals surface area contributed by atoms with E-state index < -0.39 is 0 Å². The molecule has 17 heavy (non-hydrogen) atoms. The smallest absolute Gasteiger partial charge is 0.159 e. The number of carbonyl (C=O) groups is 1. The first-order valence-electron chi connectivity index (χ1n) is 6.05. The molecule has 1 nitrogen and oxygen atoms in total. The van der Waals surface area contributed by atoms with Crippen molar-refractivity contribution in [2.45, 2.75) is 33.1 Å². The van der Waals surface area contributed by atoms with Crippen LogP contribution in [0.25, 0.3) is 0 Å². The van der Waals surface area contributed by atoms with Crippen molar-refractivity contribution in [1.29, 1.82) is 0 Å². The molecule has 0 heterocycles. The van der Waals surface area contributed by atoms with Crippen molar-refractivity contribution in [1.82, 2.24) is 0 Å². The van der Waals surface area contributed by atoms with Gasteiger partial charge in [-0.25, -0.2) is 0 Å². The fourth-order valence-corrected chi connectivity index (χ4v) is 1.48. The average molecular weight is 228 g/mol. The molecule has 0 amide bonds. The summed E-state index contributed by atoms with van der Waals surface area (Å²) in [5.41, 5.74) is 2.50. The van der Waals surface area contributed by atoms with Gasteiger partial charge < -0.3 is 0 Å². The van der Waals surface area contributed by atoms with Crippen molar-refractivity contribution in [2.24, 2.45) is 0 Å². The molecule has 0 aromatic heterocycles. The Morgan fingerprint density at radius 3 is 2.53 bits per heavy atom. The van der Waals surface area contributed by atoms with Crippen LogP contribution in [0.5, 0.6) is 0 Å². The molecule has 0 saturated carbocycles. The summed E-state index contributed by atoms with van der Waals surface area (Å²) in [7, 11) is 0. The number of hydrogen-bond acceptors (Lipinski definition) is 1. The first-order valence-corrected chi connectivity index (χ1v) is 6.05. The van der Waals surface area contributed by atoms with Gasteiger partial charge in [0.25, 0.3) is 0 Å². The Morgan fingerprint density at radius 2 is 1.88 bits per heavy atom. The zero-order valence-electron chi connectivity index (χ0n) is 10.6. The summed E-state index contributed by atoms with van der Waals surface area (Å²) in [6, 6.07) is 10.3. The van der Waals surface area contributed by atoms with E-state index in [4.69, 9.17) is 0 Å². The van der Waals surface area contributed by atoms with Crippen LogP contribution in [0.3, 0.4) is 0 Å². The molecule has 1 aromatic carbocycles. The number of ketones is 1. The number of carbonyl (C=O) groups excluding carboxylic acids is 1. The van der Waals surface area contributed by atoms with Crippen LogP contribution in [-0.2, 0) is 11.2 Å². The van der Waals surface area contributed by atoms with E-state index in [0.29, 0.717) is 6.42 Å². The van der Waals surface area contributed by atoms with E-state index in [1.807, 2.05) is 44.2 Å². The molecule has 1 rings (SSSR count). The highest BCUT2D eigenvalue weighted by atomic mass is 16.1. The number of allylic oxidation sites excluding steroid dienone is 4. The molecule has 0 spiro atoms. The lowest BCUT2D eigenvalue weighted by Crippen LogP contribution is -1.90. The molecule has 90 valence electrons. The molecule has 0 bridgehead atoms. The number of hydrogen-bond donors (Lipinski definition) is 0. The second-order valence-corrected chi connectivity index (χ2v) is 4.38. The van der Waals surface area contributed by atoms with E-state index in [2.05, 4.69) is 12.1 Å². The molecule has 0 saturated heterocycles. The van der Waals surface area contributed by atoms with Crippen LogP contribution in [0.2, 0.25) is 0 Å². The molecule has 0 atom stereocenters. The van der Waals surface area contributed by atoms with E-state index >= 15 is 0 Å². The van der Waals surface area contributed by atoms with Crippen molar-refractivity contribution in [2.75, 3.05) is 0 Å². The maximum atomic E-state index is 11.4. The minimum absolute atomic E-state index is 0.180. The van der Waals surface area contributed by atoms with Gasteiger partial charge in [0.2, 0.25) is 0 Å². The lowest BCUT2D eigenvalue weighted by atomic mass is 10.1. The van der Waals surface area contributed by atoms with E-state index in [1.165, 1.54) is 11.1 Å². The zero-order valence-corrected chi connectivity index (χ0v) is 10.6. The van der Waals surface area contributed by atoms with Gasteiger partial charge in [-0.15, -0.1) is 0 Å². The van der Waals surface area contributed by atoms with Crippen molar-refractivity contribution in [3.63, 3.8) is 0 Å². The van der Waals surface area contributed by atoms with Crippen molar-refractivity contribution in [3.05, 3.63) is 59.7 Å². The van der Waals surface area contributed by atoms with Crippen LogP contribution in [0.4, 0.5) is 0 Å². The van der Waals surface area contributed by atoms with E-state index in [9.17, 15) is 4.79 Å². The second kappa shape index (κ2) is 7.61. The molecular formula is C16H20O. The third-order valence-corrected chi connectivity index (χ3v) is 2.46. The predicted octanol–water partition coefficient (Wildman–Crippen LogP) is 4.10. The summed E-state index contributed by atoms with van der Waals surface area (Å²) in [6.07, 6.45) is 8.06. The molecule has 1 aromatic rings. The van der Waals surface area contributed by atoms with Crippen LogP contribution < -0.4 is 0 Å². The normalized spacial score (nSPS) is 10.5. The van der Waals surface area contributed by atoms with Gasteiger partial charge >= 0.3 is 0 Å². The summed E-state index contributed by atoms with van der Waals surface area (Å²) in [5, 5.41) is 0. The van der Waals surface area contributed by atoms with Gasteiger partial charge in [0.05, 0.1) is 0 Å². The molecular weight excluding hydrogens is 208 g/mol. The summed E-state index contributed by atoms with van der Waals surface area (Å²) in [4.78, 5) is 11.4. The fourth-order valence-electron chi connectivity index (χ4n) is 1.48. The molecule has 0 N–H and O–H groups in total. The Hall–Kier alpha value is -1.63. The molecule has 0 unspecified atom stereocenters. The first-order chi connectivity index (χ1) is 8.18. The molecule has 0 fully saturated rings. The Morgan fingerprint density at radius 1 is 1.18 bits per heavy atom. The SMILES string of the molecule is CC(C)=CCC(=O)C=CCCc1ccccc1. The number of benzene rings is 1. The van der Waals surface area contributed by atoms with Gasteiger partial charge in [0.15, 0.2) is 5.78 Å². The zero-order chi connectivity index (χ0) is 12.5. The highest BCUT2D eigenvalue weighted by Crippen LogP contribution is 2.03. The van der Waals surface area contributed by atoms with Crippen molar-refractivity contribution in [3.8, 4) is 0 Å². The summed E-state index contributed by atoms with van der Waals surface area (Å²) in [6.45, 7) is 4.01. The van der Waals surface area contributed by atoms with Crippen LogP contribution in [0.1, 0.15) is 32.3 Å². The molecule has 0 aliphatic heterocycles. The van der Waals surface area contributed by atoms with Crippen LogP contribution in [-0.4, -0.2) is 5.78 Å². The largest absolute Gasteiger partial charge is 0.295 e. The molecule has 0 aliphatic carbocycles. The maximum absolute atomic E-state index is 11.4. The van der Waals surface area contributed by atoms with Crippen LogP contribution >= 0.6 is 0 Å². The first kappa shape index (κ1) is 13.4. The van der Waals surface area contributed by atoms with Crippen molar-refractivity contribution >= 4 is 5.78 Å². The topological polar surface area (TPSA) is 17.1 Å². The summed E-state index contributed by atoms with van der Waals surface area (Å²) in [5.74, 6) is 0.180. The predicted molar refractivity (Wildman–Crippen MR) is 73.0 cm³/mol. The quantitative estimate of drug-likeness (QED) is 0.529. The van der Waals surface area contributed by atoms with E-state index in [1.54, 1.807) is 6.08 Å². The van der Waals surface area contributed by atoms with Crippen molar-refractivity contribution < 1.29 is 4.79 Å². The van der Waals surface area contributed by atoms with Gasteiger partial charge in [0, 0.05) is 6.42 Å². The highest BCUT2D eigenvalue weighted by Gasteiger charge is 1.93. The van der Waals surface area contributed by atoms with E-state index in [-0.39, 0.29) is 5.78 Å². The monoisotopic (exact) mass is 228 g/mol. The molecule has 1 heteroatoms. The maximum Gasteiger partial charge on any atom is 0.159 e. The minimum atomic E-state index is 0.180. The van der Waals surface area contributed by atoms with Gasteiger partial charge in [-0.1, -0.05) is 48.1 Å². The van der Waals surface area contributed by atoms with Gasteiger partial charge in [-0.3, -0.25) is 4.79 Å². The summed E-state index contributed by atoms with van der Waals surface area (Å²) >= 11 is 0. The van der Waals surface area contributed by atoms with Gasteiger partial charge in [-0.05, 0) is 38.3 Å². The van der Waals surface area contributed by atoms with Gasteiger partial charge in [-0.2, -0.15) is 0 Å². The van der Waals surface area contributed by atoms with Gasteiger partial charge in [0.1, 0.15) is 0 Å². The fraction of sp³-hybridized carbons (Fsp3) is 0.312. The molecule has 0 aliphatic rings.